The monoisotopic (exact) mass is 415 g/mol. The first kappa shape index (κ1) is 21.3. The molecule has 2 aromatic rings. The number of amides is 1. The first-order valence-corrected chi connectivity index (χ1v) is 11.5. The van der Waals surface area contributed by atoms with Gasteiger partial charge in [0.1, 0.15) is 0 Å². The predicted molar refractivity (Wildman–Crippen MR) is 117 cm³/mol. The maximum absolute atomic E-state index is 12.2. The molecule has 0 aliphatic carbocycles. The Labute approximate surface area is 173 Å². The smallest absolute Gasteiger partial charge is 0.240 e. The standard InChI is InChI=1S/C22H29N3O3S/c1-17-3-9-21(10-4-17)29(27,28)23-14-11-22(26)24-19-5-7-20(8-6-19)25-15-12-18(2)13-16-25/h3-10,18,23H,11-16H2,1-2H3,(H,24,26). The zero-order chi connectivity index (χ0) is 20.9. The Balaban J connectivity index is 1.46. The van der Waals surface area contributed by atoms with Gasteiger partial charge in [-0.2, -0.15) is 0 Å². The van der Waals surface area contributed by atoms with E-state index in [1.165, 1.54) is 18.5 Å². The van der Waals surface area contributed by atoms with E-state index in [1.54, 1.807) is 24.3 Å². The second-order valence-electron chi connectivity index (χ2n) is 7.73. The second-order valence-corrected chi connectivity index (χ2v) is 9.49. The molecule has 2 N–H and O–H groups in total. The van der Waals surface area contributed by atoms with Crippen molar-refractivity contribution in [3.8, 4) is 0 Å². The number of carbonyl (C=O) groups is 1. The van der Waals surface area contributed by atoms with Crippen LogP contribution >= 0.6 is 0 Å². The van der Waals surface area contributed by atoms with Crippen LogP contribution in [-0.4, -0.2) is 34.0 Å². The third kappa shape index (κ3) is 6.05. The van der Waals surface area contributed by atoms with Crippen LogP contribution in [0.25, 0.3) is 0 Å². The Morgan fingerprint density at radius 3 is 2.28 bits per heavy atom. The van der Waals surface area contributed by atoms with E-state index in [1.807, 2.05) is 31.2 Å². The van der Waals surface area contributed by atoms with Crippen LogP contribution in [0, 0.1) is 12.8 Å². The molecule has 1 aliphatic rings. The molecule has 29 heavy (non-hydrogen) atoms. The third-order valence-corrected chi connectivity index (χ3v) is 6.75. The molecule has 0 unspecified atom stereocenters. The van der Waals surface area contributed by atoms with E-state index in [2.05, 4.69) is 21.9 Å². The van der Waals surface area contributed by atoms with Crippen molar-refractivity contribution in [2.45, 2.75) is 38.0 Å². The number of hydrogen-bond acceptors (Lipinski definition) is 4. The van der Waals surface area contributed by atoms with Gasteiger partial charge in [-0.25, -0.2) is 13.1 Å². The fraction of sp³-hybridized carbons (Fsp3) is 0.409. The normalized spacial score (nSPS) is 15.3. The molecule has 0 bridgehead atoms. The van der Waals surface area contributed by atoms with Gasteiger partial charge < -0.3 is 10.2 Å². The van der Waals surface area contributed by atoms with Gasteiger partial charge in [0.15, 0.2) is 0 Å². The number of hydrogen-bond donors (Lipinski definition) is 2. The number of rotatable bonds is 7. The molecule has 1 amide bonds. The maximum Gasteiger partial charge on any atom is 0.240 e. The summed E-state index contributed by atoms with van der Waals surface area (Å²) in [5, 5.41) is 2.82. The number of nitrogens with zero attached hydrogens (tertiary/aromatic N) is 1. The van der Waals surface area contributed by atoms with Crippen LogP contribution in [0.15, 0.2) is 53.4 Å². The Morgan fingerprint density at radius 1 is 1.03 bits per heavy atom. The maximum atomic E-state index is 12.2. The fourth-order valence-corrected chi connectivity index (χ4v) is 4.38. The van der Waals surface area contributed by atoms with Crippen molar-refractivity contribution in [2.24, 2.45) is 5.92 Å². The van der Waals surface area contributed by atoms with Crippen LogP contribution < -0.4 is 14.9 Å². The average Bonchev–Trinajstić information content (AvgIpc) is 2.69. The molecule has 1 saturated heterocycles. The number of nitrogens with one attached hydrogen (secondary N) is 2. The van der Waals surface area contributed by atoms with Crippen molar-refractivity contribution < 1.29 is 13.2 Å². The van der Waals surface area contributed by atoms with E-state index < -0.39 is 10.0 Å². The number of sulfonamides is 1. The number of carbonyl (C=O) groups excluding carboxylic acids is 1. The minimum Gasteiger partial charge on any atom is -0.372 e. The minimum absolute atomic E-state index is 0.0477. The van der Waals surface area contributed by atoms with Gasteiger partial charge in [-0.15, -0.1) is 0 Å². The summed E-state index contributed by atoms with van der Waals surface area (Å²) in [5.74, 6) is 0.560. The van der Waals surface area contributed by atoms with Crippen molar-refractivity contribution in [1.29, 1.82) is 0 Å². The lowest BCUT2D eigenvalue weighted by atomic mass is 9.99. The van der Waals surface area contributed by atoms with Gasteiger partial charge in [-0.1, -0.05) is 24.6 Å². The molecule has 2 aromatic carbocycles. The average molecular weight is 416 g/mol. The van der Waals surface area contributed by atoms with Gasteiger partial charge in [-0.05, 0) is 62.1 Å². The topological polar surface area (TPSA) is 78.5 Å². The third-order valence-electron chi connectivity index (χ3n) is 5.28. The van der Waals surface area contributed by atoms with E-state index in [-0.39, 0.29) is 23.8 Å². The predicted octanol–water partition coefficient (Wildman–Crippen LogP) is 3.54. The molecule has 156 valence electrons. The minimum atomic E-state index is -3.60. The van der Waals surface area contributed by atoms with Gasteiger partial charge in [-0.3, -0.25) is 4.79 Å². The number of anilines is 2. The number of benzene rings is 2. The molecular formula is C22H29N3O3S. The molecule has 0 spiro atoms. The highest BCUT2D eigenvalue weighted by molar-refractivity contribution is 7.89. The largest absolute Gasteiger partial charge is 0.372 e. The van der Waals surface area contributed by atoms with Gasteiger partial charge in [0.2, 0.25) is 15.9 Å². The Bertz CT molecular complexity index is 917. The molecule has 6 nitrogen and oxygen atoms in total. The van der Waals surface area contributed by atoms with E-state index >= 15 is 0 Å². The summed E-state index contributed by atoms with van der Waals surface area (Å²) >= 11 is 0. The zero-order valence-corrected chi connectivity index (χ0v) is 17.8. The van der Waals surface area contributed by atoms with Crippen LogP contribution in [-0.2, 0) is 14.8 Å². The van der Waals surface area contributed by atoms with Gasteiger partial charge >= 0.3 is 0 Å². The van der Waals surface area contributed by atoms with E-state index in [0.717, 1.165) is 24.6 Å². The lowest BCUT2D eigenvalue weighted by Gasteiger charge is -2.32. The molecule has 1 fully saturated rings. The van der Waals surface area contributed by atoms with Crippen molar-refractivity contribution >= 4 is 27.3 Å². The molecule has 7 heteroatoms. The Kier molecular flexibility index (Phi) is 6.92. The summed E-state index contributed by atoms with van der Waals surface area (Å²) in [6.45, 7) is 6.36. The summed E-state index contributed by atoms with van der Waals surface area (Å²) in [5.41, 5.74) is 2.87. The summed E-state index contributed by atoms with van der Waals surface area (Å²) < 4.78 is 27.0. The summed E-state index contributed by atoms with van der Waals surface area (Å²) in [4.78, 5) is 14.7. The van der Waals surface area contributed by atoms with Crippen LogP contribution in [0.5, 0.6) is 0 Å². The fourth-order valence-electron chi connectivity index (χ4n) is 3.35. The molecule has 0 atom stereocenters. The summed E-state index contributed by atoms with van der Waals surface area (Å²) in [7, 11) is -3.60. The SMILES string of the molecule is Cc1ccc(S(=O)(=O)NCCC(=O)Nc2ccc(N3CCC(C)CC3)cc2)cc1. The summed E-state index contributed by atoms with van der Waals surface area (Å²) in [6, 6.07) is 14.4. The molecular weight excluding hydrogens is 386 g/mol. The lowest BCUT2D eigenvalue weighted by molar-refractivity contribution is -0.116. The lowest BCUT2D eigenvalue weighted by Crippen LogP contribution is -2.32. The van der Waals surface area contributed by atoms with Crippen LogP contribution in [0.3, 0.4) is 0 Å². The summed E-state index contributed by atoms with van der Waals surface area (Å²) in [6.07, 6.45) is 2.48. The molecule has 0 saturated carbocycles. The van der Waals surface area contributed by atoms with Crippen LogP contribution in [0.1, 0.15) is 31.7 Å². The Hall–Kier alpha value is -2.38. The Morgan fingerprint density at radius 2 is 1.66 bits per heavy atom. The molecule has 3 rings (SSSR count). The van der Waals surface area contributed by atoms with Gasteiger partial charge in [0, 0.05) is 37.4 Å². The molecule has 1 heterocycles. The second kappa shape index (κ2) is 9.41. The van der Waals surface area contributed by atoms with Crippen molar-refractivity contribution in [2.75, 3.05) is 29.9 Å². The highest BCUT2D eigenvalue weighted by atomic mass is 32.2. The van der Waals surface area contributed by atoms with Gasteiger partial charge in [0.05, 0.1) is 4.90 Å². The zero-order valence-electron chi connectivity index (χ0n) is 17.0. The van der Waals surface area contributed by atoms with E-state index in [9.17, 15) is 13.2 Å². The molecule has 0 aromatic heterocycles. The van der Waals surface area contributed by atoms with Crippen molar-refractivity contribution in [3.63, 3.8) is 0 Å². The van der Waals surface area contributed by atoms with E-state index in [0.29, 0.717) is 5.69 Å². The van der Waals surface area contributed by atoms with Gasteiger partial charge in [0.25, 0.3) is 0 Å². The van der Waals surface area contributed by atoms with Crippen LogP contribution in [0.2, 0.25) is 0 Å². The van der Waals surface area contributed by atoms with E-state index in [4.69, 9.17) is 0 Å². The first-order valence-electron chi connectivity index (χ1n) is 10.0. The quantitative estimate of drug-likeness (QED) is 0.725. The van der Waals surface area contributed by atoms with Crippen LogP contribution in [0.4, 0.5) is 11.4 Å². The van der Waals surface area contributed by atoms with Crippen molar-refractivity contribution in [3.05, 3.63) is 54.1 Å². The molecule has 0 radical (unpaired) electrons. The van der Waals surface area contributed by atoms with Crippen molar-refractivity contribution in [1.82, 2.24) is 4.72 Å². The first-order chi connectivity index (χ1) is 13.8. The molecule has 1 aliphatic heterocycles. The highest BCUT2D eigenvalue weighted by Crippen LogP contribution is 2.24. The number of aryl methyl sites for hydroxylation is 1. The number of piperidine rings is 1. The highest BCUT2D eigenvalue weighted by Gasteiger charge is 2.16.